The Kier molecular flexibility index (Phi) is 9.09. The summed E-state index contributed by atoms with van der Waals surface area (Å²) in [5.41, 5.74) is 2.11. The van der Waals surface area contributed by atoms with E-state index in [-0.39, 0.29) is 48.7 Å². The van der Waals surface area contributed by atoms with Crippen molar-refractivity contribution in [1.82, 2.24) is 15.1 Å². The Hall–Kier alpha value is -3.33. The number of carbonyl (C=O) groups excluding carboxylic acids is 3. The molecule has 10 heteroatoms. The lowest BCUT2D eigenvalue weighted by atomic mass is 9.84. The molecule has 204 valence electrons. The van der Waals surface area contributed by atoms with E-state index in [0.29, 0.717) is 36.9 Å². The molecule has 1 aliphatic heterocycles. The molecular formula is C28H35ClFN5O3. The summed E-state index contributed by atoms with van der Waals surface area (Å²) < 4.78 is 13.4. The first-order chi connectivity index (χ1) is 18.2. The molecule has 4 rings (SSSR count). The number of urea groups is 1. The van der Waals surface area contributed by atoms with Crippen LogP contribution in [0.3, 0.4) is 0 Å². The molecular weight excluding hydrogens is 509 g/mol. The fourth-order valence-electron chi connectivity index (χ4n) is 4.61. The Morgan fingerprint density at radius 3 is 2.34 bits per heavy atom. The highest BCUT2D eigenvalue weighted by Gasteiger charge is 2.30. The number of nitrogens with one attached hydrogen (secondary N) is 2. The van der Waals surface area contributed by atoms with Gasteiger partial charge in [-0.2, -0.15) is 0 Å². The van der Waals surface area contributed by atoms with Gasteiger partial charge in [-0.15, -0.1) is 0 Å². The van der Waals surface area contributed by atoms with E-state index in [2.05, 4.69) is 15.5 Å². The molecule has 1 aliphatic carbocycles. The largest absolute Gasteiger partial charge is 0.368 e. The van der Waals surface area contributed by atoms with Crippen LogP contribution in [0.4, 0.5) is 20.6 Å². The minimum atomic E-state index is -0.353. The number of nitrogens with zero attached hydrogens (tertiary/aromatic N) is 3. The van der Waals surface area contributed by atoms with Crippen molar-refractivity contribution in [3.63, 3.8) is 0 Å². The third-order valence-corrected chi connectivity index (χ3v) is 7.29. The summed E-state index contributed by atoms with van der Waals surface area (Å²) in [7, 11) is 0. The van der Waals surface area contributed by atoms with Crippen LogP contribution in [0.5, 0.6) is 0 Å². The smallest absolute Gasteiger partial charge is 0.317 e. The fourth-order valence-corrected chi connectivity index (χ4v) is 4.77. The van der Waals surface area contributed by atoms with Crippen molar-refractivity contribution >= 4 is 40.8 Å². The molecule has 0 aromatic heterocycles. The molecule has 2 aliphatic rings. The van der Waals surface area contributed by atoms with Gasteiger partial charge in [0.2, 0.25) is 11.8 Å². The van der Waals surface area contributed by atoms with Gasteiger partial charge < -0.3 is 25.3 Å². The minimum Gasteiger partial charge on any atom is -0.368 e. The van der Waals surface area contributed by atoms with E-state index in [1.54, 1.807) is 23.1 Å². The molecule has 0 spiro atoms. The van der Waals surface area contributed by atoms with E-state index in [9.17, 15) is 18.8 Å². The number of benzene rings is 2. The van der Waals surface area contributed by atoms with Crippen LogP contribution in [-0.2, 0) is 16.1 Å². The molecule has 2 aromatic carbocycles. The lowest BCUT2D eigenvalue weighted by Gasteiger charge is -2.36. The maximum Gasteiger partial charge on any atom is 0.317 e. The van der Waals surface area contributed by atoms with Crippen molar-refractivity contribution in [1.29, 1.82) is 0 Å². The Morgan fingerprint density at radius 1 is 1.05 bits per heavy atom. The Labute approximate surface area is 228 Å². The number of amides is 4. The number of anilines is 2. The van der Waals surface area contributed by atoms with E-state index in [1.165, 1.54) is 17.0 Å². The monoisotopic (exact) mass is 543 g/mol. The van der Waals surface area contributed by atoms with Crippen LogP contribution in [0, 0.1) is 11.7 Å². The molecule has 0 atom stereocenters. The zero-order chi connectivity index (χ0) is 27.2. The molecule has 0 unspecified atom stereocenters. The summed E-state index contributed by atoms with van der Waals surface area (Å²) in [6.45, 7) is 6.45. The average molecular weight is 544 g/mol. The Bertz CT molecular complexity index is 1150. The van der Waals surface area contributed by atoms with Crippen LogP contribution in [0.2, 0.25) is 5.02 Å². The summed E-state index contributed by atoms with van der Waals surface area (Å²) in [4.78, 5) is 43.9. The number of hydrogen-bond acceptors (Lipinski definition) is 4. The van der Waals surface area contributed by atoms with Gasteiger partial charge in [0.05, 0.1) is 10.7 Å². The van der Waals surface area contributed by atoms with Crippen molar-refractivity contribution in [2.45, 2.75) is 45.7 Å². The van der Waals surface area contributed by atoms with Gasteiger partial charge in [-0.25, -0.2) is 9.18 Å². The molecule has 8 nitrogen and oxygen atoms in total. The number of piperazine rings is 1. The maximum absolute atomic E-state index is 13.4. The topological polar surface area (TPSA) is 85.0 Å². The number of rotatable bonds is 8. The molecule has 0 bridgehead atoms. The molecule has 2 fully saturated rings. The number of hydrogen-bond donors (Lipinski definition) is 2. The van der Waals surface area contributed by atoms with Gasteiger partial charge in [0.1, 0.15) is 12.4 Å². The van der Waals surface area contributed by atoms with Gasteiger partial charge in [-0.05, 0) is 62.6 Å². The summed E-state index contributed by atoms with van der Waals surface area (Å²) in [6, 6.07) is 11.4. The summed E-state index contributed by atoms with van der Waals surface area (Å²) >= 11 is 6.41. The van der Waals surface area contributed by atoms with E-state index in [1.807, 2.05) is 26.0 Å². The quantitative estimate of drug-likeness (QED) is 0.514. The van der Waals surface area contributed by atoms with Gasteiger partial charge in [-0.3, -0.25) is 9.59 Å². The Balaban J connectivity index is 1.39. The first kappa shape index (κ1) is 27.7. The summed E-state index contributed by atoms with van der Waals surface area (Å²) in [5, 5.41) is 6.18. The van der Waals surface area contributed by atoms with Crippen LogP contribution in [-0.4, -0.2) is 66.4 Å². The first-order valence-corrected chi connectivity index (χ1v) is 13.5. The van der Waals surface area contributed by atoms with Crippen LogP contribution >= 0.6 is 11.6 Å². The molecule has 1 heterocycles. The van der Waals surface area contributed by atoms with Crippen LogP contribution < -0.4 is 15.5 Å². The lowest BCUT2D eigenvalue weighted by molar-refractivity contribution is -0.141. The van der Waals surface area contributed by atoms with Crippen LogP contribution in [0.15, 0.2) is 42.5 Å². The third kappa shape index (κ3) is 7.16. The third-order valence-electron chi connectivity index (χ3n) is 6.96. The number of carbonyl (C=O) groups is 3. The SMILES string of the molecule is CC(C)NC(=O)N1CCN(c2ccc(Cl)c(NC(=O)CN(Cc3ccc(F)cc3)C(=O)C3CCC3)c2)CC1. The summed E-state index contributed by atoms with van der Waals surface area (Å²) in [5.74, 6) is -0.835. The second-order valence-corrected chi connectivity index (χ2v) is 10.6. The van der Waals surface area contributed by atoms with Gasteiger partial charge in [-0.1, -0.05) is 30.2 Å². The highest BCUT2D eigenvalue weighted by molar-refractivity contribution is 6.33. The van der Waals surface area contributed by atoms with Crippen molar-refractivity contribution in [2.75, 3.05) is 42.9 Å². The summed E-state index contributed by atoms with van der Waals surface area (Å²) in [6.07, 6.45) is 2.65. The molecule has 1 saturated heterocycles. The fraction of sp³-hybridized carbons (Fsp3) is 0.464. The highest BCUT2D eigenvalue weighted by Crippen LogP contribution is 2.30. The normalized spacial score (nSPS) is 15.7. The predicted octanol–water partition coefficient (Wildman–Crippen LogP) is 4.49. The molecule has 38 heavy (non-hydrogen) atoms. The molecule has 2 aromatic rings. The van der Waals surface area contributed by atoms with Gasteiger partial charge in [0, 0.05) is 50.4 Å². The predicted molar refractivity (Wildman–Crippen MR) is 147 cm³/mol. The van der Waals surface area contributed by atoms with Crippen LogP contribution in [0.25, 0.3) is 0 Å². The van der Waals surface area contributed by atoms with Gasteiger partial charge >= 0.3 is 6.03 Å². The second kappa shape index (κ2) is 12.5. The molecule has 1 saturated carbocycles. The number of halogens is 2. The van der Waals surface area contributed by atoms with E-state index < -0.39 is 0 Å². The maximum atomic E-state index is 13.4. The lowest BCUT2D eigenvalue weighted by Crippen LogP contribution is -2.52. The van der Waals surface area contributed by atoms with Crippen molar-refractivity contribution < 1.29 is 18.8 Å². The standard InChI is InChI=1S/C28H35ClFN5O3/c1-19(2)31-28(38)34-14-12-33(13-15-34)23-10-11-24(29)25(16-23)32-26(36)18-35(27(37)21-4-3-5-21)17-20-6-8-22(30)9-7-20/h6-11,16,19,21H,3-5,12-15,17-18H2,1-2H3,(H,31,38)(H,32,36). The zero-order valence-electron chi connectivity index (χ0n) is 21.9. The highest BCUT2D eigenvalue weighted by atomic mass is 35.5. The van der Waals surface area contributed by atoms with Crippen LogP contribution in [0.1, 0.15) is 38.7 Å². The van der Waals surface area contributed by atoms with Gasteiger partial charge in [0.25, 0.3) is 0 Å². The van der Waals surface area contributed by atoms with Crippen molar-refractivity contribution in [2.24, 2.45) is 5.92 Å². The first-order valence-electron chi connectivity index (χ1n) is 13.1. The molecule has 4 amide bonds. The molecule has 2 N–H and O–H groups in total. The van der Waals surface area contributed by atoms with E-state index >= 15 is 0 Å². The molecule has 0 radical (unpaired) electrons. The second-order valence-electron chi connectivity index (χ2n) is 10.2. The van der Waals surface area contributed by atoms with Crippen molar-refractivity contribution in [3.8, 4) is 0 Å². The average Bonchev–Trinajstić information content (AvgIpc) is 2.85. The van der Waals surface area contributed by atoms with Gasteiger partial charge in [0.15, 0.2) is 0 Å². The zero-order valence-corrected chi connectivity index (χ0v) is 22.6. The van der Waals surface area contributed by atoms with Crippen molar-refractivity contribution in [3.05, 3.63) is 58.9 Å². The van der Waals surface area contributed by atoms with E-state index in [4.69, 9.17) is 11.6 Å². The minimum absolute atomic E-state index is 0.0602. The van der Waals surface area contributed by atoms with E-state index in [0.717, 1.165) is 30.5 Å². The Morgan fingerprint density at radius 2 is 1.74 bits per heavy atom.